The van der Waals surface area contributed by atoms with Crippen LogP contribution in [0.1, 0.15) is 32.6 Å². The SMILES string of the molecule is C=CCSc1ccccc1NC(=O)C1(CCC)CCCN1. The topological polar surface area (TPSA) is 41.1 Å². The number of benzene rings is 1. The zero-order valence-electron chi connectivity index (χ0n) is 12.7. The van der Waals surface area contributed by atoms with E-state index < -0.39 is 0 Å². The Morgan fingerprint density at radius 3 is 3.00 bits per heavy atom. The molecule has 4 heteroatoms. The molecule has 0 saturated carbocycles. The number of anilines is 1. The fraction of sp³-hybridized carbons (Fsp3) is 0.471. The molecule has 0 bridgehead atoms. The third-order valence-corrected chi connectivity index (χ3v) is 4.92. The second kappa shape index (κ2) is 7.66. The number of thioether (sulfide) groups is 1. The zero-order chi connectivity index (χ0) is 15.1. The first-order chi connectivity index (χ1) is 10.2. The zero-order valence-corrected chi connectivity index (χ0v) is 13.5. The predicted octanol–water partition coefficient (Wildman–Crippen LogP) is 3.83. The summed E-state index contributed by atoms with van der Waals surface area (Å²) in [6.45, 7) is 6.81. The van der Waals surface area contributed by atoms with E-state index >= 15 is 0 Å². The Balaban J connectivity index is 2.13. The molecule has 1 aromatic rings. The first kappa shape index (κ1) is 16.1. The van der Waals surface area contributed by atoms with Gasteiger partial charge in [-0.3, -0.25) is 4.79 Å². The number of hydrogen-bond acceptors (Lipinski definition) is 3. The number of hydrogen-bond donors (Lipinski definition) is 2. The van der Waals surface area contributed by atoms with Crippen LogP contribution in [0.25, 0.3) is 0 Å². The molecule has 0 spiro atoms. The summed E-state index contributed by atoms with van der Waals surface area (Å²) in [5.74, 6) is 0.944. The minimum Gasteiger partial charge on any atom is -0.323 e. The highest BCUT2D eigenvalue weighted by atomic mass is 32.2. The second-order valence-electron chi connectivity index (χ2n) is 5.41. The van der Waals surface area contributed by atoms with Gasteiger partial charge in [-0.15, -0.1) is 18.3 Å². The average Bonchev–Trinajstić information content (AvgIpc) is 2.97. The highest BCUT2D eigenvalue weighted by molar-refractivity contribution is 7.99. The number of amides is 1. The molecular weight excluding hydrogens is 280 g/mol. The summed E-state index contributed by atoms with van der Waals surface area (Å²) in [7, 11) is 0. The van der Waals surface area contributed by atoms with Gasteiger partial charge in [-0.2, -0.15) is 0 Å². The Kier molecular flexibility index (Phi) is 5.88. The molecule has 1 atom stereocenters. The van der Waals surface area contributed by atoms with Crippen molar-refractivity contribution < 1.29 is 4.79 Å². The van der Waals surface area contributed by atoms with Gasteiger partial charge in [-0.1, -0.05) is 31.6 Å². The van der Waals surface area contributed by atoms with Crippen molar-refractivity contribution in [1.29, 1.82) is 0 Å². The van der Waals surface area contributed by atoms with Gasteiger partial charge < -0.3 is 10.6 Å². The number of para-hydroxylation sites is 1. The van der Waals surface area contributed by atoms with Gasteiger partial charge >= 0.3 is 0 Å². The van der Waals surface area contributed by atoms with E-state index in [1.54, 1.807) is 11.8 Å². The summed E-state index contributed by atoms with van der Waals surface area (Å²) in [4.78, 5) is 13.8. The van der Waals surface area contributed by atoms with E-state index in [0.29, 0.717) is 0 Å². The van der Waals surface area contributed by atoms with Crippen molar-refractivity contribution in [3.63, 3.8) is 0 Å². The molecule has 21 heavy (non-hydrogen) atoms. The van der Waals surface area contributed by atoms with Gasteiger partial charge in [-0.25, -0.2) is 0 Å². The fourth-order valence-corrected chi connectivity index (χ4v) is 3.59. The third kappa shape index (κ3) is 3.89. The van der Waals surface area contributed by atoms with Crippen LogP contribution < -0.4 is 10.6 Å². The van der Waals surface area contributed by atoms with E-state index in [0.717, 1.165) is 48.6 Å². The maximum atomic E-state index is 12.7. The Bertz CT molecular complexity index is 495. The minimum atomic E-state index is -0.384. The monoisotopic (exact) mass is 304 g/mol. The molecule has 0 aliphatic carbocycles. The molecule has 0 aromatic heterocycles. The van der Waals surface area contributed by atoms with Crippen molar-refractivity contribution in [3.05, 3.63) is 36.9 Å². The minimum absolute atomic E-state index is 0.105. The smallest absolute Gasteiger partial charge is 0.244 e. The van der Waals surface area contributed by atoms with Gasteiger partial charge in [0.2, 0.25) is 5.91 Å². The summed E-state index contributed by atoms with van der Waals surface area (Å²) in [5.41, 5.74) is 0.517. The number of carbonyl (C=O) groups excluding carboxylic acids is 1. The normalized spacial score (nSPS) is 21.2. The summed E-state index contributed by atoms with van der Waals surface area (Å²) in [6, 6.07) is 7.97. The molecule has 1 fully saturated rings. The molecule has 1 aliphatic rings. The van der Waals surface area contributed by atoms with Crippen LogP contribution in [0.4, 0.5) is 5.69 Å². The third-order valence-electron chi connectivity index (χ3n) is 3.85. The lowest BCUT2D eigenvalue weighted by Gasteiger charge is -2.28. The molecular formula is C17H24N2OS. The van der Waals surface area contributed by atoms with E-state index in [1.165, 1.54) is 0 Å². The summed E-state index contributed by atoms with van der Waals surface area (Å²) < 4.78 is 0. The number of rotatable bonds is 7. The number of nitrogens with one attached hydrogen (secondary N) is 2. The van der Waals surface area contributed by atoms with Gasteiger partial charge in [0.05, 0.1) is 11.2 Å². The molecule has 2 N–H and O–H groups in total. The fourth-order valence-electron chi connectivity index (χ4n) is 2.84. The Morgan fingerprint density at radius 1 is 1.52 bits per heavy atom. The van der Waals surface area contributed by atoms with Crippen LogP contribution >= 0.6 is 11.8 Å². The largest absolute Gasteiger partial charge is 0.323 e. The van der Waals surface area contributed by atoms with Crippen molar-refractivity contribution in [2.24, 2.45) is 0 Å². The molecule has 1 saturated heterocycles. The van der Waals surface area contributed by atoms with Crippen molar-refractivity contribution >= 4 is 23.4 Å². The standard InChI is InChI=1S/C17H24N2OS/c1-3-10-17(11-7-12-18-17)16(20)19-14-8-5-6-9-15(14)21-13-4-2/h4-6,8-9,18H,2-3,7,10-13H2,1H3,(H,19,20). The molecule has 1 heterocycles. The van der Waals surface area contributed by atoms with Gasteiger partial charge in [0.25, 0.3) is 0 Å². The number of carbonyl (C=O) groups is 1. The maximum Gasteiger partial charge on any atom is 0.244 e. The maximum absolute atomic E-state index is 12.7. The van der Waals surface area contributed by atoms with Gasteiger partial charge in [-0.05, 0) is 37.9 Å². The Labute approximate surface area is 131 Å². The highest BCUT2D eigenvalue weighted by Crippen LogP contribution is 2.30. The lowest BCUT2D eigenvalue weighted by atomic mass is 9.91. The van der Waals surface area contributed by atoms with E-state index in [-0.39, 0.29) is 11.4 Å². The van der Waals surface area contributed by atoms with Crippen LogP contribution in [0, 0.1) is 0 Å². The van der Waals surface area contributed by atoms with E-state index in [4.69, 9.17) is 0 Å². The lowest BCUT2D eigenvalue weighted by molar-refractivity contribution is -0.122. The van der Waals surface area contributed by atoms with Gasteiger partial charge in [0.15, 0.2) is 0 Å². The first-order valence-corrected chi connectivity index (χ1v) is 8.59. The Morgan fingerprint density at radius 2 is 2.33 bits per heavy atom. The van der Waals surface area contributed by atoms with E-state index in [2.05, 4.69) is 24.1 Å². The molecule has 1 amide bonds. The van der Waals surface area contributed by atoms with Crippen molar-refractivity contribution in [2.75, 3.05) is 17.6 Å². The van der Waals surface area contributed by atoms with Gasteiger partial charge in [0, 0.05) is 10.6 Å². The van der Waals surface area contributed by atoms with Crippen LogP contribution in [-0.4, -0.2) is 23.7 Å². The van der Waals surface area contributed by atoms with Crippen LogP contribution in [0.2, 0.25) is 0 Å². The van der Waals surface area contributed by atoms with Crippen LogP contribution in [0.15, 0.2) is 41.8 Å². The molecule has 1 aromatic carbocycles. The quantitative estimate of drug-likeness (QED) is 0.594. The average molecular weight is 304 g/mol. The van der Waals surface area contributed by atoms with Gasteiger partial charge in [0.1, 0.15) is 0 Å². The summed E-state index contributed by atoms with van der Waals surface area (Å²) in [5, 5.41) is 6.55. The summed E-state index contributed by atoms with van der Waals surface area (Å²) >= 11 is 1.69. The molecule has 3 nitrogen and oxygen atoms in total. The lowest BCUT2D eigenvalue weighted by Crippen LogP contribution is -2.50. The molecule has 1 aliphatic heterocycles. The van der Waals surface area contributed by atoms with Crippen molar-refractivity contribution in [1.82, 2.24) is 5.32 Å². The van der Waals surface area contributed by atoms with Crippen LogP contribution in [0.5, 0.6) is 0 Å². The highest BCUT2D eigenvalue weighted by Gasteiger charge is 2.40. The van der Waals surface area contributed by atoms with Crippen LogP contribution in [0.3, 0.4) is 0 Å². The van der Waals surface area contributed by atoms with E-state index in [1.807, 2.05) is 30.3 Å². The molecule has 0 radical (unpaired) electrons. The van der Waals surface area contributed by atoms with Crippen molar-refractivity contribution in [2.45, 2.75) is 43.0 Å². The molecule has 2 rings (SSSR count). The van der Waals surface area contributed by atoms with Crippen LogP contribution in [-0.2, 0) is 4.79 Å². The summed E-state index contributed by atoms with van der Waals surface area (Å²) in [6.07, 6.45) is 5.77. The van der Waals surface area contributed by atoms with E-state index in [9.17, 15) is 4.79 Å². The van der Waals surface area contributed by atoms with Crippen molar-refractivity contribution in [3.8, 4) is 0 Å². The molecule has 114 valence electrons. The molecule has 1 unspecified atom stereocenters. The first-order valence-electron chi connectivity index (χ1n) is 7.61. The second-order valence-corrected chi connectivity index (χ2v) is 6.47. The Hall–Kier alpha value is -1.26. The predicted molar refractivity (Wildman–Crippen MR) is 90.9 cm³/mol.